The second-order valence-corrected chi connectivity index (χ2v) is 5.33. The Kier molecular flexibility index (Phi) is 4.51. The van der Waals surface area contributed by atoms with Crippen LogP contribution in [0.15, 0.2) is 64.8 Å². The summed E-state index contributed by atoms with van der Waals surface area (Å²) in [6.45, 7) is 0. The van der Waals surface area contributed by atoms with Crippen molar-refractivity contribution in [2.45, 2.75) is 12.5 Å². The SMILES string of the molecule is O=C(O)C[C@H]1NC(=O)N(c2ccc(N=Nc3ccccc3)cc2)C1=O. The first-order valence-corrected chi connectivity index (χ1v) is 7.48. The van der Waals surface area contributed by atoms with E-state index in [-0.39, 0.29) is 0 Å². The fraction of sp³-hybridized carbons (Fsp3) is 0.118. The van der Waals surface area contributed by atoms with Gasteiger partial charge in [0.05, 0.1) is 23.5 Å². The van der Waals surface area contributed by atoms with Crippen molar-refractivity contribution in [2.24, 2.45) is 10.2 Å². The third-order valence-electron chi connectivity index (χ3n) is 3.54. The lowest BCUT2D eigenvalue weighted by molar-refractivity contribution is -0.139. The number of carboxylic acids is 1. The standard InChI is InChI=1S/C17H14N4O4/c22-15(23)10-14-16(24)21(17(25)18-14)13-8-6-12(7-9-13)20-19-11-4-2-1-3-5-11/h1-9,14H,10H2,(H,18,25)(H,22,23)/t14-/m1/s1. The molecule has 0 spiro atoms. The van der Waals surface area contributed by atoms with E-state index in [4.69, 9.17) is 5.11 Å². The van der Waals surface area contributed by atoms with Crippen molar-refractivity contribution in [3.05, 3.63) is 54.6 Å². The molecular formula is C17H14N4O4. The molecule has 1 aliphatic heterocycles. The number of benzene rings is 2. The van der Waals surface area contributed by atoms with Crippen LogP contribution in [0, 0.1) is 0 Å². The van der Waals surface area contributed by atoms with Crippen LogP contribution >= 0.6 is 0 Å². The van der Waals surface area contributed by atoms with Crippen molar-refractivity contribution in [1.29, 1.82) is 0 Å². The Morgan fingerprint density at radius 3 is 2.20 bits per heavy atom. The van der Waals surface area contributed by atoms with Crippen molar-refractivity contribution >= 4 is 35.0 Å². The highest BCUT2D eigenvalue weighted by molar-refractivity contribution is 6.21. The van der Waals surface area contributed by atoms with Crippen LogP contribution in [0.4, 0.5) is 21.9 Å². The summed E-state index contributed by atoms with van der Waals surface area (Å²) in [6, 6.07) is 13.9. The van der Waals surface area contributed by atoms with Crippen molar-refractivity contribution in [3.8, 4) is 0 Å². The lowest BCUT2D eigenvalue weighted by atomic mass is 10.2. The molecule has 1 aliphatic rings. The van der Waals surface area contributed by atoms with Gasteiger partial charge in [-0.05, 0) is 36.4 Å². The maximum Gasteiger partial charge on any atom is 0.329 e. The Labute approximate surface area is 142 Å². The van der Waals surface area contributed by atoms with Gasteiger partial charge in [-0.25, -0.2) is 9.69 Å². The monoisotopic (exact) mass is 338 g/mol. The molecule has 2 aromatic carbocycles. The molecule has 1 fully saturated rings. The molecule has 1 atom stereocenters. The lowest BCUT2D eigenvalue weighted by Gasteiger charge is -2.12. The Morgan fingerprint density at radius 1 is 1.00 bits per heavy atom. The molecular weight excluding hydrogens is 324 g/mol. The minimum absolute atomic E-state index is 0.342. The summed E-state index contributed by atoms with van der Waals surface area (Å²) >= 11 is 0. The Bertz CT molecular complexity index is 833. The number of hydrogen-bond donors (Lipinski definition) is 2. The molecule has 1 heterocycles. The minimum atomic E-state index is -1.16. The van der Waals surface area contributed by atoms with Crippen LogP contribution in [0.25, 0.3) is 0 Å². The summed E-state index contributed by atoms with van der Waals surface area (Å²) in [5.41, 5.74) is 1.60. The quantitative estimate of drug-likeness (QED) is 0.644. The number of carboxylic acid groups (broad SMARTS) is 1. The molecule has 3 amide bonds. The van der Waals surface area contributed by atoms with Gasteiger partial charge in [-0.1, -0.05) is 18.2 Å². The average molecular weight is 338 g/mol. The molecule has 0 unspecified atom stereocenters. The number of rotatable bonds is 5. The number of amides is 3. The Hall–Kier alpha value is -3.55. The van der Waals surface area contributed by atoms with E-state index in [1.807, 2.05) is 30.3 Å². The molecule has 0 saturated carbocycles. The zero-order valence-electron chi connectivity index (χ0n) is 13.0. The van der Waals surface area contributed by atoms with Crippen molar-refractivity contribution in [2.75, 3.05) is 4.90 Å². The van der Waals surface area contributed by atoms with E-state index >= 15 is 0 Å². The molecule has 2 aromatic rings. The molecule has 3 rings (SSSR count). The first-order chi connectivity index (χ1) is 12.0. The number of azo groups is 1. The molecule has 0 radical (unpaired) electrons. The zero-order valence-corrected chi connectivity index (χ0v) is 13.0. The number of carbonyl (C=O) groups excluding carboxylic acids is 2. The highest BCUT2D eigenvalue weighted by Gasteiger charge is 2.39. The van der Waals surface area contributed by atoms with Gasteiger partial charge < -0.3 is 10.4 Å². The topological polar surface area (TPSA) is 111 Å². The van der Waals surface area contributed by atoms with Crippen LogP contribution in [0.2, 0.25) is 0 Å². The maximum atomic E-state index is 12.2. The first kappa shape index (κ1) is 16.3. The third kappa shape index (κ3) is 3.69. The van der Waals surface area contributed by atoms with Gasteiger partial charge in [0.15, 0.2) is 0 Å². The average Bonchev–Trinajstić information content (AvgIpc) is 2.87. The Balaban J connectivity index is 1.74. The van der Waals surface area contributed by atoms with E-state index in [0.717, 1.165) is 4.90 Å². The first-order valence-electron chi connectivity index (χ1n) is 7.48. The van der Waals surface area contributed by atoms with E-state index in [1.165, 1.54) is 0 Å². The molecule has 2 N–H and O–H groups in total. The lowest BCUT2D eigenvalue weighted by Crippen LogP contribution is -2.32. The minimum Gasteiger partial charge on any atom is -0.481 e. The summed E-state index contributed by atoms with van der Waals surface area (Å²) in [7, 11) is 0. The van der Waals surface area contributed by atoms with Gasteiger partial charge in [0, 0.05) is 0 Å². The van der Waals surface area contributed by atoms with Crippen LogP contribution in [0.3, 0.4) is 0 Å². The molecule has 25 heavy (non-hydrogen) atoms. The van der Waals surface area contributed by atoms with Gasteiger partial charge in [0.25, 0.3) is 5.91 Å². The van der Waals surface area contributed by atoms with Crippen molar-refractivity contribution < 1.29 is 19.5 Å². The Morgan fingerprint density at radius 2 is 1.60 bits per heavy atom. The second-order valence-electron chi connectivity index (χ2n) is 5.33. The smallest absolute Gasteiger partial charge is 0.329 e. The van der Waals surface area contributed by atoms with E-state index in [0.29, 0.717) is 17.1 Å². The highest BCUT2D eigenvalue weighted by atomic mass is 16.4. The van der Waals surface area contributed by atoms with E-state index < -0.39 is 30.4 Å². The number of carbonyl (C=O) groups is 3. The summed E-state index contributed by atoms with van der Waals surface area (Å²) in [6.07, 6.45) is -0.454. The predicted molar refractivity (Wildman–Crippen MR) is 89.1 cm³/mol. The van der Waals surface area contributed by atoms with Crippen LogP contribution in [0.5, 0.6) is 0 Å². The number of urea groups is 1. The molecule has 1 saturated heterocycles. The molecule has 8 heteroatoms. The van der Waals surface area contributed by atoms with Gasteiger partial charge in [0.1, 0.15) is 6.04 Å². The van der Waals surface area contributed by atoms with Gasteiger partial charge in [-0.3, -0.25) is 9.59 Å². The van der Waals surface area contributed by atoms with Crippen molar-refractivity contribution in [1.82, 2.24) is 5.32 Å². The number of imide groups is 1. The summed E-state index contributed by atoms with van der Waals surface area (Å²) in [4.78, 5) is 35.8. The number of aliphatic carboxylic acids is 1. The van der Waals surface area contributed by atoms with Gasteiger partial charge in [-0.2, -0.15) is 10.2 Å². The molecule has 0 aliphatic carbocycles. The van der Waals surface area contributed by atoms with Crippen LogP contribution in [0.1, 0.15) is 6.42 Å². The molecule has 8 nitrogen and oxygen atoms in total. The van der Waals surface area contributed by atoms with Crippen molar-refractivity contribution in [3.63, 3.8) is 0 Å². The zero-order chi connectivity index (χ0) is 17.8. The number of anilines is 1. The predicted octanol–water partition coefficient (Wildman–Crippen LogP) is 3.00. The fourth-order valence-corrected chi connectivity index (χ4v) is 2.37. The number of hydrogen-bond acceptors (Lipinski definition) is 5. The maximum absolute atomic E-state index is 12.2. The number of nitrogens with one attached hydrogen (secondary N) is 1. The summed E-state index contributed by atoms with van der Waals surface area (Å²) in [5.74, 6) is -1.75. The second kappa shape index (κ2) is 6.91. The number of nitrogens with zero attached hydrogens (tertiary/aromatic N) is 3. The largest absolute Gasteiger partial charge is 0.481 e. The molecule has 0 aromatic heterocycles. The van der Waals surface area contributed by atoms with Crippen LogP contribution in [-0.4, -0.2) is 29.1 Å². The van der Waals surface area contributed by atoms with Gasteiger partial charge in [0.2, 0.25) is 0 Å². The summed E-state index contributed by atoms with van der Waals surface area (Å²) in [5, 5.41) is 19.3. The van der Waals surface area contributed by atoms with Gasteiger partial charge in [-0.15, -0.1) is 0 Å². The normalized spacial score (nSPS) is 17.1. The molecule has 0 bridgehead atoms. The molecule has 126 valence electrons. The van der Waals surface area contributed by atoms with E-state index in [2.05, 4.69) is 15.5 Å². The summed E-state index contributed by atoms with van der Waals surface area (Å²) < 4.78 is 0. The highest BCUT2D eigenvalue weighted by Crippen LogP contribution is 2.25. The third-order valence-corrected chi connectivity index (χ3v) is 3.54. The fourth-order valence-electron chi connectivity index (χ4n) is 2.37. The van der Waals surface area contributed by atoms with E-state index in [1.54, 1.807) is 24.3 Å². The van der Waals surface area contributed by atoms with Crippen LogP contribution in [-0.2, 0) is 9.59 Å². The van der Waals surface area contributed by atoms with E-state index in [9.17, 15) is 14.4 Å². The van der Waals surface area contributed by atoms with Crippen LogP contribution < -0.4 is 10.2 Å². The van der Waals surface area contributed by atoms with Gasteiger partial charge >= 0.3 is 12.0 Å².